The van der Waals surface area contributed by atoms with Gasteiger partial charge in [0.2, 0.25) is 0 Å². The van der Waals surface area contributed by atoms with Crippen molar-refractivity contribution >= 4 is 28.9 Å². The van der Waals surface area contributed by atoms with Crippen molar-refractivity contribution in [1.29, 1.82) is 0 Å². The van der Waals surface area contributed by atoms with Crippen LogP contribution in [0.1, 0.15) is 10.4 Å². The highest BCUT2D eigenvalue weighted by atomic mass is 32.1. The summed E-state index contributed by atoms with van der Waals surface area (Å²) in [6.07, 6.45) is 0. The molecule has 1 amide bonds. The van der Waals surface area contributed by atoms with Crippen LogP contribution in [-0.4, -0.2) is 18.1 Å². The number of hydrogen-bond acceptors (Lipinski definition) is 4. The van der Waals surface area contributed by atoms with Gasteiger partial charge in [-0.3, -0.25) is 10.1 Å². The van der Waals surface area contributed by atoms with E-state index in [1.54, 1.807) is 24.3 Å². The number of hydrogen-bond donors (Lipinski definition) is 2. The zero-order valence-electron chi connectivity index (χ0n) is 14.6. The number of methoxy groups -OCH3 is 1. The molecule has 0 fully saturated rings. The minimum atomic E-state index is -0.339. The molecule has 0 atom stereocenters. The molecule has 0 aromatic heterocycles. The fraction of sp³-hybridized carbons (Fsp3) is 0.0476. The van der Waals surface area contributed by atoms with Gasteiger partial charge >= 0.3 is 0 Å². The maximum atomic E-state index is 12.3. The summed E-state index contributed by atoms with van der Waals surface area (Å²) in [6.45, 7) is 0. The molecule has 2 N–H and O–H groups in total. The van der Waals surface area contributed by atoms with E-state index in [1.807, 2.05) is 54.6 Å². The van der Waals surface area contributed by atoms with Gasteiger partial charge in [0.05, 0.1) is 12.7 Å². The van der Waals surface area contributed by atoms with E-state index in [-0.39, 0.29) is 11.0 Å². The fourth-order valence-electron chi connectivity index (χ4n) is 2.40. The summed E-state index contributed by atoms with van der Waals surface area (Å²) < 4.78 is 10.9. The highest BCUT2D eigenvalue weighted by Gasteiger charge is 2.12. The molecule has 0 aliphatic heterocycles. The molecule has 3 aromatic carbocycles. The highest BCUT2D eigenvalue weighted by molar-refractivity contribution is 7.80. The molecule has 5 nitrogen and oxygen atoms in total. The molecule has 3 rings (SSSR count). The van der Waals surface area contributed by atoms with Crippen molar-refractivity contribution in [3.05, 3.63) is 84.4 Å². The molecule has 136 valence electrons. The van der Waals surface area contributed by atoms with E-state index in [1.165, 1.54) is 7.11 Å². The Bertz CT molecular complexity index is 928. The molecular weight excluding hydrogens is 360 g/mol. The molecule has 3 aromatic rings. The number of amides is 1. The van der Waals surface area contributed by atoms with Crippen LogP contribution in [0.15, 0.2) is 78.9 Å². The molecule has 0 unspecified atom stereocenters. The number of nitrogens with one attached hydrogen (secondary N) is 2. The Morgan fingerprint density at radius 1 is 0.852 bits per heavy atom. The predicted octanol–water partition coefficient (Wildman–Crippen LogP) is 4.61. The molecule has 0 saturated heterocycles. The van der Waals surface area contributed by atoms with E-state index in [9.17, 15) is 4.79 Å². The third kappa shape index (κ3) is 5.05. The van der Waals surface area contributed by atoms with Crippen molar-refractivity contribution < 1.29 is 14.3 Å². The van der Waals surface area contributed by atoms with Crippen molar-refractivity contribution in [1.82, 2.24) is 5.32 Å². The molecule has 0 saturated carbocycles. The minimum Gasteiger partial charge on any atom is -0.496 e. The van der Waals surface area contributed by atoms with Gasteiger partial charge in [-0.05, 0) is 60.7 Å². The highest BCUT2D eigenvalue weighted by Crippen LogP contribution is 2.22. The Labute approximate surface area is 162 Å². The number of para-hydroxylation sites is 2. The van der Waals surface area contributed by atoms with Gasteiger partial charge in [0.15, 0.2) is 5.11 Å². The first kappa shape index (κ1) is 18.4. The van der Waals surface area contributed by atoms with Gasteiger partial charge < -0.3 is 14.8 Å². The topological polar surface area (TPSA) is 59.6 Å². The van der Waals surface area contributed by atoms with Gasteiger partial charge in [-0.2, -0.15) is 0 Å². The minimum absolute atomic E-state index is 0.197. The largest absolute Gasteiger partial charge is 0.496 e. The fourth-order valence-corrected chi connectivity index (χ4v) is 2.61. The Balaban J connectivity index is 1.58. The van der Waals surface area contributed by atoms with Crippen molar-refractivity contribution in [3.63, 3.8) is 0 Å². The van der Waals surface area contributed by atoms with Crippen LogP contribution in [0.3, 0.4) is 0 Å². The third-order valence-electron chi connectivity index (χ3n) is 3.67. The van der Waals surface area contributed by atoms with Gasteiger partial charge in [0.1, 0.15) is 17.2 Å². The second-order valence-electron chi connectivity index (χ2n) is 5.55. The first-order valence-electron chi connectivity index (χ1n) is 8.24. The van der Waals surface area contributed by atoms with E-state index in [4.69, 9.17) is 21.7 Å². The maximum Gasteiger partial charge on any atom is 0.261 e. The second kappa shape index (κ2) is 8.82. The zero-order valence-corrected chi connectivity index (χ0v) is 15.5. The summed E-state index contributed by atoms with van der Waals surface area (Å²) in [4.78, 5) is 12.3. The lowest BCUT2D eigenvalue weighted by atomic mass is 10.2. The van der Waals surface area contributed by atoms with Crippen LogP contribution in [0.25, 0.3) is 0 Å². The van der Waals surface area contributed by atoms with E-state index in [2.05, 4.69) is 10.6 Å². The molecule has 6 heteroatoms. The maximum absolute atomic E-state index is 12.3. The number of carbonyl (C=O) groups excluding carboxylic acids is 1. The van der Waals surface area contributed by atoms with Gasteiger partial charge in [-0.25, -0.2) is 0 Å². The first-order valence-corrected chi connectivity index (χ1v) is 8.65. The van der Waals surface area contributed by atoms with Crippen LogP contribution < -0.4 is 20.1 Å². The van der Waals surface area contributed by atoms with E-state index in [0.29, 0.717) is 17.1 Å². The summed E-state index contributed by atoms with van der Waals surface area (Å²) in [5.41, 5.74) is 1.15. The average Bonchev–Trinajstić information content (AvgIpc) is 2.70. The summed E-state index contributed by atoms with van der Waals surface area (Å²) in [7, 11) is 1.52. The van der Waals surface area contributed by atoms with Gasteiger partial charge in [-0.15, -0.1) is 0 Å². The van der Waals surface area contributed by atoms with E-state index < -0.39 is 0 Å². The molecule has 0 heterocycles. The van der Waals surface area contributed by atoms with Crippen molar-refractivity contribution in [3.8, 4) is 17.2 Å². The summed E-state index contributed by atoms with van der Waals surface area (Å²) in [6, 6.07) is 23.7. The number of rotatable bonds is 5. The molecule has 0 aliphatic carbocycles. The molecule has 0 aliphatic rings. The van der Waals surface area contributed by atoms with Crippen molar-refractivity contribution in [2.24, 2.45) is 0 Å². The summed E-state index contributed by atoms with van der Waals surface area (Å²) in [5, 5.41) is 5.82. The Kier molecular flexibility index (Phi) is 6.02. The first-order chi connectivity index (χ1) is 13.2. The van der Waals surface area contributed by atoms with E-state index in [0.717, 1.165) is 11.4 Å². The van der Waals surface area contributed by atoms with Gasteiger partial charge in [-0.1, -0.05) is 30.3 Å². The standard InChI is InChI=1S/C21H18N2O3S/c1-25-19-10-6-5-9-18(19)20(24)23-21(27)22-15-11-13-17(14-12-15)26-16-7-3-2-4-8-16/h2-14H,1H3,(H2,22,23,24,27). The normalized spacial score (nSPS) is 9.96. The lowest BCUT2D eigenvalue weighted by Crippen LogP contribution is -2.34. The second-order valence-corrected chi connectivity index (χ2v) is 5.96. The van der Waals surface area contributed by atoms with Gasteiger partial charge in [0, 0.05) is 5.69 Å². The van der Waals surface area contributed by atoms with Crippen molar-refractivity contribution in [2.45, 2.75) is 0 Å². The summed E-state index contributed by atoms with van der Waals surface area (Å²) in [5.74, 6) is 1.61. The zero-order chi connectivity index (χ0) is 19.1. The summed E-state index contributed by atoms with van der Waals surface area (Å²) >= 11 is 5.21. The average molecular weight is 378 g/mol. The van der Waals surface area contributed by atoms with Crippen LogP contribution >= 0.6 is 12.2 Å². The Morgan fingerprint density at radius 3 is 2.19 bits per heavy atom. The van der Waals surface area contributed by atoms with Crippen LogP contribution in [0.2, 0.25) is 0 Å². The Hall–Kier alpha value is -3.38. The van der Waals surface area contributed by atoms with Crippen LogP contribution in [0.5, 0.6) is 17.2 Å². The van der Waals surface area contributed by atoms with Crippen LogP contribution in [0, 0.1) is 0 Å². The molecule has 27 heavy (non-hydrogen) atoms. The van der Waals surface area contributed by atoms with Crippen molar-refractivity contribution in [2.75, 3.05) is 12.4 Å². The lowest BCUT2D eigenvalue weighted by molar-refractivity contribution is 0.0975. The smallest absolute Gasteiger partial charge is 0.261 e. The number of ether oxygens (including phenoxy) is 2. The van der Waals surface area contributed by atoms with E-state index >= 15 is 0 Å². The molecule has 0 spiro atoms. The number of thiocarbonyl (C=S) groups is 1. The lowest BCUT2D eigenvalue weighted by Gasteiger charge is -2.12. The molecule has 0 radical (unpaired) electrons. The number of anilines is 1. The monoisotopic (exact) mass is 378 g/mol. The number of carbonyl (C=O) groups is 1. The third-order valence-corrected chi connectivity index (χ3v) is 3.87. The Morgan fingerprint density at radius 2 is 1.48 bits per heavy atom. The number of benzene rings is 3. The van der Waals surface area contributed by atoms with Crippen LogP contribution in [0.4, 0.5) is 5.69 Å². The van der Waals surface area contributed by atoms with Crippen LogP contribution in [-0.2, 0) is 0 Å². The van der Waals surface area contributed by atoms with Gasteiger partial charge in [0.25, 0.3) is 5.91 Å². The molecular formula is C21H18N2O3S. The predicted molar refractivity (Wildman–Crippen MR) is 110 cm³/mol. The SMILES string of the molecule is COc1ccccc1C(=O)NC(=S)Nc1ccc(Oc2ccccc2)cc1. The molecule has 0 bridgehead atoms. The quantitative estimate of drug-likeness (QED) is 0.635.